The fraction of sp³-hybridized carbons (Fsp3) is 0.0625. The number of anilines is 1. The lowest BCUT2D eigenvalue weighted by atomic mass is 10.1. The Kier molecular flexibility index (Phi) is 3.13. The van der Waals surface area contributed by atoms with Crippen molar-refractivity contribution in [2.75, 3.05) is 5.32 Å². The van der Waals surface area contributed by atoms with Gasteiger partial charge in [0.05, 0.1) is 22.7 Å². The first-order valence-corrected chi connectivity index (χ1v) is 6.42. The summed E-state index contributed by atoms with van der Waals surface area (Å²) < 4.78 is 1.82. The Balaban J connectivity index is 1.93. The van der Waals surface area contributed by atoms with E-state index in [1.165, 1.54) is 0 Å². The van der Waals surface area contributed by atoms with Gasteiger partial charge in [0.2, 0.25) is 5.95 Å². The Bertz CT molecular complexity index is 873. The minimum atomic E-state index is -0.287. The van der Waals surface area contributed by atoms with Gasteiger partial charge >= 0.3 is 0 Å². The lowest BCUT2D eigenvalue weighted by Gasteiger charge is -2.05. The van der Waals surface area contributed by atoms with Crippen LogP contribution in [0.1, 0.15) is 15.9 Å². The first-order chi connectivity index (χ1) is 10.2. The van der Waals surface area contributed by atoms with Crippen molar-refractivity contribution in [1.29, 1.82) is 5.26 Å². The van der Waals surface area contributed by atoms with E-state index in [0.717, 1.165) is 11.0 Å². The number of aryl methyl sites for hydroxylation is 1. The minimum Gasteiger partial charge on any atom is -0.313 e. The van der Waals surface area contributed by atoms with E-state index in [-0.39, 0.29) is 5.91 Å². The number of imidazole rings is 1. The summed E-state index contributed by atoms with van der Waals surface area (Å²) in [5, 5.41) is 11.6. The monoisotopic (exact) mass is 276 g/mol. The van der Waals surface area contributed by atoms with Crippen molar-refractivity contribution < 1.29 is 4.79 Å². The lowest BCUT2D eigenvalue weighted by molar-refractivity contribution is 0.102. The average molecular weight is 276 g/mol. The Morgan fingerprint density at radius 1 is 1.24 bits per heavy atom. The second-order valence-corrected chi connectivity index (χ2v) is 4.63. The molecule has 0 spiro atoms. The van der Waals surface area contributed by atoms with Gasteiger partial charge in [-0.15, -0.1) is 0 Å². The maximum Gasteiger partial charge on any atom is 0.258 e. The van der Waals surface area contributed by atoms with E-state index < -0.39 is 0 Å². The summed E-state index contributed by atoms with van der Waals surface area (Å²) in [4.78, 5) is 16.6. The van der Waals surface area contributed by atoms with Crippen LogP contribution in [-0.4, -0.2) is 15.5 Å². The molecule has 1 aromatic heterocycles. The number of rotatable bonds is 2. The normalized spacial score (nSPS) is 10.3. The van der Waals surface area contributed by atoms with Crippen LogP contribution in [0, 0.1) is 11.3 Å². The molecule has 1 amide bonds. The van der Waals surface area contributed by atoms with Crippen LogP contribution in [0.15, 0.2) is 48.5 Å². The highest BCUT2D eigenvalue weighted by Gasteiger charge is 2.12. The molecule has 0 aliphatic carbocycles. The molecule has 0 atom stereocenters. The van der Waals surface area contributed by atoms with Crippen LogP contribution >= 0.6 is 0 Å². The van der Waals surface area contributed by atoms with Crippen LogP contribution in [0.4, 0.5) is 5.95 Å². The molecular formula is C16H12N4O. The molecule has 0 aliphatic heterocycles. The molecule has 1 N–H and O–H groups in total. The topological polar surface area (TPSA) is 70.7 Å². The number of hydrogen-bond donors (Lipinski definition) is 1. The van der Waals surface area contributed by atoms with E-state index in [1.807, 2.05) is 41.9 Å². The number of aromatic nitrogens is 2. The highest BCUT2D eigenvalue weighted by atomic mass is 16.1. The number of carbonyl (C=O) groups is 1. The van der Waals surface area contributed by atoms with Crippen molar-refractivity contribution in [1.82, 2.24) is 9.55 Å². The third-order valence-corrected chi connectivity index (χ3v) is 3.27. The number of nitrogens with one attached hydrogen (secondary N) is 1. The van der Waals surface area contributed by atoms with Crippen LogP contribution in [0.3, 0.4) is 0 Å². The van der Waals surface area contributed by atoms with Gasteiger partial charge in [-0.3, -0.25) is 10.1 Å². The summed E-state index contributed by atoms with van der Waals surface area (Å²) in [5.41, 5.74) is 2.65. The summed E-state index contributed by atoms with van der Waals surface area (Å²) in [6, 6.07) is 16.2. The first-order valence-electron chi connectivity index (χ1n) is 6.42. The maximum absolute atomic E-state index is 12.2. The number of fused-ring (bicyclic) bond motifs is 1. The van der Waals surface area contributed by atoms with Gasteiger partial charge in [-0.05, 0) is 30.3 Å². The van der Waals surface area contributed by atoms with E-state index in [2.05, 4.69) is 10.3 Å². The Labute approximate surface area is 121 Å². The molecule has 102 valence electrons. The Hall–Kier alpha value is -3.13. The number of benzene rings is 2. The van der Waals surface area contributed by atoms with Crippen molar-refractivity contribution >= 4 is 22.9 Å². The minimum absolute atomic E-state index is 0.287. The summed E-state index contributed by atoms with van der Waals surface area (Å²) in [5.74, 6) is 0.189. The number of para-hydroxylation sites is 2. The lowest BCUT2D eigenvalue weighted by Crippen LogP contribution is -2.15. The fourth-order valence-corrected chi connectivity index (χ4v) is 2.16. The summed E-state index contributed by atoms with van der Waals surface area (Å²) >= 11 is 0. The van der Waals surface area contributed by atoms with E-state index in [9.17, 15) is 4.79 Å². The van der Waals surface area contributed by atoms with Crippen LogP contribution < -0.4 is 5.32 Å². The van der Waals surface area contributed by atoms with Gasteiger partial charge in [0.25, 0.3) is 5.91 Å². The fourth-order valence-electron chi connectivity index (χ4n) is 2.16. The molecule has 2 aromatic carbocycles. The number of carbonyl (C=O) groups excluding carboxylic acids is 1. The van der Waals surface area contributed by atoms with E-state index in [1.54, 1.807) is 24.3 Å². The van der Waals surface area contributed by atoms with E-state index in [4.69, 9.17) is 5.26 Å². The van der Waals surface area contributed by atoms with E-state index in [0.29, 0.717) is 17.1 Å². The standard InChI is InChI=1S/C16H12N4O/c1-20-14-8-3-2-7-13(14)18-16(20)19-15(21)12-6-4-5-11(9-12)10-17/h2-9H,1H3,(H,18,19,21). The molecule has 0 bridgehead atoms. The number of nitriles is 1. The van der Waals surface area contributed by atoms with Crippen molar-refractivity contribution in [2.24, 2.45) is 7.05 Å². The molecule has 5 nitrogen and oxygen atoms in total. The zero-order valence-corrected chi connectivity index (χ0v) is 11.4. The van der Waals surface area contributed by atoms with Gasteiger partial charge in [-0.2, -0.15) is 5.26 Å². The smallest absolute Gasteiger partial charge is 0.258 e. The summed E-state index contributed by atoms with van der Waals surface area (Å²) in [7, 11) is 1.84. The zero-order chi connectivity index (χ0) is 14.8. The molecule has 0 aliphatic rings. The third kappa shape index (κ3) is 2.35. The van der Waals surface area contributed by atoms with Gasteiger partial charge in [0.1, 0.15) is 0 Å². The molecule has 21 heavy (non-hydrogen) atoms. The molecule has 0 radical (unpaired) electrons. The molecule has 0 fully saturated rings. The van der Waals surface area contributed by atoms with Gasteiger partial charge in [-0.1, -0.05) is 18.2 Å². The van der Waals surface area contributed by atoms with Crippen LogP contribution in [-0.2, 0) is 7.05 Å². The molecule has 0 saturated carbocycles. The average Bonchev–Trinajstić information content (AvgIpc) is 2.84. The molecule has 0 unspecified atom stereocenters. The quantitative estimate of drug-likeness (QED) is 0.782. The van der Waals surface area contributed by atoms with E-state index >= 15 is 0 Å². The van der Waals surface area contributed by atoms with Crippen LogP contribution in [0.25, 0.3) is 11.0 Å². The van der Waals surface area contributed by atoms with Crippen LogP contribution in [0.2, 0.25) is 0 Å². The predicted molar refractivity (Wildman–Crippen MR) is 79.8 cm³/mol. The van der Waals surface area contributed by atoms with Gasteiger partial charge in [-0.25, -0.2) is 4.98 Å². The largest absolute Gasteiger partial charge is 0.313 e. The predicted octanol–water partition coefficient (Wildman–Crippen LogP) is 2.70. The summed E-state index contributed by atoms with van der Waals surface area (Å²) in [6.07, 6.45) is 0. The van der Waals surface area contributed by atoms with Crippen molar-refractivity contribution in [3.05, 3.63) is 59.7 Å². The molecule has 5 heteroatoms. The number of hydrogen-bond acceptors (Lipinski definition) is 3. The van der Waals surface area contributed by atoms with Gasteiger partial charge in [0, 0.05) is 12.6 Å². The maximum atomic E-state index is 12.2. The number of nitrogens with zero attached hydrogens (tertiary/aromatic N) is 3. The molecule has 1 heterocycles. The summed E-state index contributed by atoms with van der Waals surface area (Å²) in [6.45, 7) is 0. The van der Waals surface area contributed by atoms with Gasteiger partial charge < -0.3 is 4.57 Å². The SMILES string of the molecule is Cn1c(NC(=O)c2cccc(C#N)c2)nc2ccccc21. The van der Waals surface area contributed by atoms with Crippen molar-refractivity contribution in [3.8, 4) is 6.07 Å². The molecule has 3 aromatic rings. The highest BCUT2D eigenvalue weighted by molar-refractivity contribution is 6.04. The molecule has 0 saturated heterocycles. The second-order valence-electron chi connectivity index (χ2n) is 4.63. The van der Waals surface area contributed by atoms with Crippen LogP contribution in [0.5, 0.6) is 0 Å². The zero-order valence-electron chi connectivity index (χ0n) is 11.4. The van der Waals surface area contributed by atoms with Crippen molar-refractivity contribution in [3.63, 3.8) is 0 Å². The first kappa shape index (κ1) is 12.9. The third-order valence-electron chi connectivity index (χ3n) is 3.27. The highest BCUT2D eigenvalue weighted by Crippen LogP contribution is 2.18. The number of amides is 1. The van der Waals surface area contributed by atoms with Crippen molar-refractivity contribution in [2.45, 2.75) is 0 Å². The molecule has 3 rings (SSSR count). The Morgan fingerprint density at radius 3 is 2.81 bits per heavy atom. The second kappa shape index (κ2) is 5.10. The van der Waals surface area contributed by atoms with Gasteiger partial charge in [0.15, 0.2) is 0 Å². The molecular weight excluding hydrogens is 264 g/mol. The Morgan fingerprint density at radius 2 is 2.05 bits per heavy atom.